The van der Waals surface area contributed by atoms with Crippen molar-refractivity contribution in [3.05, 3.63) is 47.5 Å². The van der Waals surface area contributed by atoms with Crippen molar-refractivity contribution >= 4 is 59.2 Å². The Morgan fingerprint density at radius 3 is 1.81 bits per heavy atom. The maximum atomic E-state index is 10.3. The summed E-state index contributed by atoms with van der Waals surface area (Å²) in [6, 6.07) is 9.82. The second-order valence-electron chi connectivity index (χ2n) is 10.5. The van der Waals surface area contributed by atoms with Crippen LogP contribution >= 0.6 is 0 Å². The molecule has 0 N–H and O–H groups in total. The molecule has 1 fully saturated rings. The molecule has 0 bridgehead atoms. The molecule has 0 radical (unpaired) electrons. The predicted molar refractivity (Wildman–Crippen MR) is 154 cm³/mol. The molecular weight excluding hydrogens is 540 g/mol. The summed E-state index contributed by atoms with van der Waals surface area (Å²) < 4.78 is 0. The van der Waals surface area contributed by atoms with Crippen LogP contribution in [-0.2, 0) is 28.8 Å². The maximum absolute atomic E-state index is 10.3. The molecule has 12 heteroatoms. The van der Waals surface area contributed by atoms with Crippen LogP contribution in [0.25, 0.3) is 0 Å². The Morgan fingerprint density at radius 1 is 0.714 bits per heavy atom. The number of isocyanates is 6. The lowest BCUT2D eigenvalue weighted by Gasteiger charge is -2.44. The van der Waals surface area contributed by atoms with E-state index >= 15 is 0 Å². The van der Waals surface area contributed by atoms with Crippen LogP contribution < -0.4 is 0 Å². The third-order valence-corrected chi connectivity index (χ3v) is 6.32. The van der Waals surface area contributed by atoms with Crippen molar-refractivity contribution in [1.82, 2.24) is 0 Å². The van der Waals surface area contributed by atoms with Gasteiger partial charge in [0.15, 0.2) is 0 Å². The number of nitrogens with zero attached hydrogens (tertiary/aromatic N) is 6. The third kappa shape index (κ3) is 11.8. The molecule has 1 aliphatic rings. The van der Waals surface area contributed by atoms with E-state index in [0.717, 1.165) is 24.8 Å². The smallest absolute Gasteiger partial charge is 0.211 e. The number of benzene rings is 2. The summed E-state index contributed by atoms with van der Waals surface area (Å²) >= 11 is 0. The minimum Gasteiger partial charge on any atom is -0.211 e. The van der Waals surface area contributed by atoms with Crippen LogP contribution in [0.4, 0.5) is 22.7 Å². The fourth-order valence-electron chi connectivity index (χ4n) is 4.93. The van der Waals surface area contributed by atoms with Gasteiger partial charge in [0.1, 0.15) is 0 Å². The highest BCUT2D eigenvalue weighted by atomic mass is 16.1. The van der Waals surface area contributed by atoms with Crippen LogP contribution in [0, 0.1) is 24.7 Å². The van der Waals surface area contributed by atoms with Crippen molar-refractivity contribution in [2.45, 2.75) is 59.9 Å². The highest BCUT2D eigenvalue weighted by Gasteiger charge is 2.41. The van der Waals surface area contributed by atoms with Crippen LogP contribution in [-0.4, -0.2) is 49.1 Å². The molecular formula is C30H30N6O6. The van der Waals surface area contributed by atoms with Gasteiger partial charge in [0.05, 0.1) is 35.3 Å². The molecule has 2 aromatic carbocycles. The maximum Gasteiger partial charge on any atom is 0.240 e. The number of carbonyl (C=O) groups excluding carboxylic acids is 6. The lowest BCUT2D eigenvalue weighted by Crippen LogP contribution is -2.39. The van der Waals surface area contributed by atoms with E-state index in [1.165, 1.54) is 30.4 Å². The van der Waals surface area contributed by atoms with E-state index in [9.17, 15) is 28.8 Å². The zero-order valence-electron chi connectivity index (χ0n) is 24.0. The normalized spacial score (nSPS) is 17.5. The molecule has 2 unspecified atom stereocenters. The predicted octanol–water partition coefficient (Wildman–Crippen LogP) is 6.10. The molecule has 0 saturated heterocycles. The lowest BCUT2D eigenvalue weighted by molar-refractivity contribution is 0.0915. The van der Waals surface area contributed by atoms with Crippen LogP contribution in [0.3, 0.4) is 0 Å². The van der Waals surface area contributed by atoms with E-state index in [0.29, 0.717) is 34.9 Å². The van der Waals surface area contributed by atoms with Crippen molar-refractivity contribution in [1.29, 1.82) is 0 Å². The van der Waals surface area contributed by atoms with Gasteiger partial charge in [0, 0.05) is 5.56 Å². The quantitative estimate of drug-likeness (QED) is 0.287. The van der Waals surface area contributed by atoms with Gasteiger partial charge in [-0.25, -0.2) is 38.8 Å². The molecule has 1 aliphatic carbocycles. The van der Waals surface area contributed by atoms with E-state index < -0.39 is 0 Å². The average Bonchev–Trinajstić information content (AvgIpc) is 2.92. The molecule has 0 aliphatic heterocycles. The first-order chi connectivity index (χ1) is 20.0. The fraction of sp³-hybridized carbons (Fsp3) is 0.400. The van der Waals surface area contributed by atoms with Crippen molar-refractivity contribution in [3.63, 3.8) is 0 Å². The van der Waals surface area contributed by atoms with Gasteiger partial charge in [-0.05, 0) is 73.8 Å². The van der Waals surface area contributed by atoms with Crippen LogP contribution in [0.1, 0.15) is 51.2 Å². The van der Waals surface area contributed by atoms with E-state index in [4.69, 9.17) is 0 Å². The summed E-state index contributed by atoms with van der Waals surface area (Å²) in [5.41, 5.74) is 3.36. The summed E-state index contributed by atoms with van der Waals surface area (Å²) in [5.74, 6) is 0. The van der Waals surface area contributed by atoms with Gasteiger partial charge in [-0.1, -0.05) is 32.9 Å². The van der Waals surface area contributed by atoms with Crippen molar-refractivity contribution in [3.8, 4) is 0 Å². The SMILES string of the molecule is CC1(C)CC(N=C=O)CC(C)(CN=C=O)C1.Cc1c(N=C=O)cccc1N=C=O.Cc1ccc(N=C=O)cc1N=C=O. The molecule has 3 rings (SSSR count). The van der Waals surface area contributed by atoms with E-state index in [-0.39, 0.29) is 16.9 Å². The Morgan fingerprint density at radius 2 is 1.29 bits per heavy atom. The Kier molecular flexibility index (Phi) is 14.4. The standard InChI is InChI=1S/C12H18N2O2.2C9H6N2O2/c1-11(2)4-10(14-9-16)5-12(3,6-11)7-13-8-15;1-7-2-3-8(10-5-12)4-9(7)11-6-13;1-7-8(10-5-12)3-2-4-9(7)11-6-13/h10H,4-7H2,1-3H3;2*2-4H,1H3. The molecule has 12 nitrogen and oxygen atoms in total. The Labute approximate surface area is 242 Å². The number of rotatable bonds is 7. The molecule has 2 aromatic rings. The molecule has 42 heavy (non-hydrogen) atoms. The summed E-state index contributed by atoms with van der Waals surface area (Å²) in [6.07, 6.45) is 11.6. The number of aryl methyl sites for hydroxylation is 1. The van der Waals surface area contributed by atoms with Gasteiger partial charge in [-0.2, -0.15) is 20.0 Å². The van der Waals surface area contributed by atoms with Crippen molar-refractivity contribution in [2.24, 2.45) is 40.8 Å². The number of hydrogen-bond acceptors (Lipinski definition) is 12. The van der Waals surface area contributed by atoms with E-state index in [1.807, 2.05) is 0 Å². The first kappa shape index (κ1) is 34.7. The number of hydrogen-bond donors (Lipinski definition) is 0. The Balaban J connectivity index is 0.000000318. The monoisotopic (exact) mass is 570 g/mol. The van der Waals surface area contributed by atoms with Gasteiger partial charge in [-0.15, -0.1) is 0 Å². The molecule has 0 spiro atoms. The summed E-state index contributed by atoms with van der Waals surface area (Å²) in [4.78, 5) is 81.7. The minimum absolute atomic E-state index is 0.00750. The third-order valence-electron chi connectivity index (χ3n) is 6.32. The summed E-state index contributed by atoms with van der Waals surface area (Å²) in [6.45, 7) is 10.4. The highest BCUT2D eigenvalue weighted by Crippen LogP contribution is 2.47. The Hall–Kier alpha value is -5.28. The van der Waals surface area contributed by atoms with E-state index in [2.05, 4.69) is 50.7 Å². The molecule has 2 atom stereocenters. The summed E-state index contributed by atoms with van der Waals surface area (Å²) in [5, 5.41) is 0. The Bertz CT molecular complexity index is 1490. The van der Waals surface area contributed by atoms with Gasteiger partial charge in [0.25, 0.3) is 0 Å². The zero-order valence-corrected chi connectivity index (χ0v) is 24.0. The first-order valence-electron chi connectivity index (χ1n) is 12.6. The van der Waals surface area contributed by atoms with Crippen molar-refractivity contribution in [2.75, 3.05) is 6.54 Å². The van der Waals surface area contributed by atoms with Gasteiger partial charge in [0.2, 0.25) is 36.5 Å². The minimum atomic E-state index is -0.0653. The zero-order chi connectivity index (χ0) is 31.6. The largest absolute Gasteiger partial charge is 0.240 e. The molecule has 0 aromatic heterocycles. The van der Waals surface area contributed by atoms with Gasteiger partial charge >= 0.3 is 0 Å². The number of aliphatic imine (C=N–C) groups is 6. The van der Waals surface area contributed by atoms with Crippen LogP contribution in [0.5, 0.6) is 0 Å². The fourth-order valence-corrected chi connectivity index (χ4v) is 4.93. The van der Waals surface area contributed by atoms with Crippen LogP contribution in [0.15, 0.2) is 66.4 Å². The average molecular weight is 571 g/mol. The van der Waals surface area contributed by atoms with Crippen molar-refractivity contribution < 1.29 is 28.8 Å². The highest BCUT2D eigenvalue weighted by molar-refractivity contribution is 5.65. The first-order valence-corrected chi connectivity index (χ1v) is 12.6. The van der Waals surface area contributed by atoms with E-state index in [1.54, 1.807) is 56.3 Å². The van der Waals surface area contributed by atoms with Crippen LogP contribution in [0.2, 0.25) is 0 Å². The molecule has 0 heterocycles. The second kappa shape index (κ2) is 17.4. The van der Waals surface area contributed by atoms with Gasteiger partial charge < -0.3 is 0 Å². The lowest BCUT2D eigenvalue weighted by atomic mass is 9.63. The molecule has 216 valence electrons. The second-order valence-corrected chi connectivity index (χ2v) is 10.5. The molecule has 0 amide bonds. The molecule has 1 saturated carbocycles. The van der Waals surface area contributed by atoms with Gasteiger partial charge in [-0.3, -0.25) is 0 Å². The summed E-state index contributed by atoms with van der Waals surface area (Å²) in [7, 11) is 0. The topological polar surface area (TPSA) is 177 Å².